The molecule has 190 valence electrons. The second kappa shape index (κ2) is 10.7. The maximum atomic E-state index is 14.5. The van der Waals surface area contributed by atoms with Crippen LogP contribution in [0.3, 0.4) is 0 Å². The summed E-state index contributed by atoms with van der Waals surface area (Å²) in [5, 5.41) is 8.45. The highest BCUT2D eigenvalue weighted by Gasteiger charge is 2.34. The molecule has 0 radical (unpaired) electrons. The normalized spacial score (nSPS) is 17.8. The Hall–Kier alpha value is -3.63. The van der Waals surface area contributed by atoms with Crippen molar-refractivity contribution in [3.63, 3.8) is 0 Å². The predicted molar refractivity (Wildman–Crippen MR) is 127 cm³/mol. The first kappa shape index (κ1) is 26.0. The highest BCUT2D eigenvalue weighted by atomic mass is 19.1. The molecule has 1 aliphatic rings. The van der Waals surface area contributed by atoms with E-state index in [4.69, 9.17) is 10.5 Å². The number of carbonyl (C=O) groups excluding carboxylic acids is 4. The first-order valence-electron chi connectivity index (χ1n) is 11.5. The van der Waals surface area contributed by atoms with Crippen LogP contribution in [0.5, 0.6) is 5.75 Å². The average Bonchev–Trinajstić information content (AvgIpc) is 3.23. The smallest absolute Gasteiger partial charge is 0.268 e. The number of aromatic nitrogens is 1. The lowest BCUT2D eigenvalue weighted by Crippen LogP contribution is -2.55. The van der Waals surface area contributed by atoms with Gasteiger partial charge in [-0.25, -0.2) is 4.39 Å². The van der Waals surface area contributed by atoms with Crippen molar-refractivity contribution in [3.05, 3.63) is 30.0 Å². The zero-order valence-corrected chi connectivity index (χ0v) is 20.1. The van der Waals surface area contributed by atoms with E-state index in [0.29, 0.717) is 29.6 Å². The minimum Gasteiger partial charge on any atom is -0.496 e. The second-order valence-electron chi connectivity index (χ2n) is 9.38. The number of rotatable bonds is 10. The Balaban J connectivity index is 1.77. The summed E-state index contributed by atoms with van der Waals surface area (Å²) in [6, 6.07) is 4.41. The van der Waals surface area contributed by atoms with E-state index in [-0.39, 0.29) is 24.4 Å². The molecule has 11 heteroatoms. The number of nitrogens with two attached hydrogens (primary N) is 1. The van der Waals surface area contributed by atoms with Crippen LogP contribution >= 0.6 is 0 Å². The van der Waals surface area contributed by atoms with Gasteiger partial charge in [0, 0.05) is 29.8 Å². The van der Waals surface area contributed by atoms with Gasteiger partial charge >= 0.3 is 0 Å². The summed E-state index contributed by atoms with van der Waals surface area (Å²) >= 11 is 0. The number of hydrogen-bond acceptors (Lipinski definition) is 5. The van der Waals surface area contributed by atoms with Crippen molar-refractivity contribution in [2.75, 3.05) is 13.7 Å². The molecule has 2 aromatic rings. The zero-order valence-electron chi connectivity index (χ0n) is 20.1. The van der Waals surface area contributed by atoms with Crippen LogP contribution in [0.15, 0.2) is 24.3 Å². The molecule has 0 aliphatic carbocycles. The fourth-order valence-corrected chi connectivity index (χ4v) is 4.22. The Morgan fingerprint density at radius 2 is 2.00 bits per heavy atom. The van der Waals surface area contributed by atoms with Gasteiger partial charge in [-0.15, -0.1) is 0 Å². The monoisotopic (exact) mass is 489 g/mol. The highest BCUT2D eigenvalue weighted by Crippen LogP contribution is 2.26. The van der Waals surface area contributed by atoms with Gasteiger partial charge in [0.2, 0.25) is 17.7 Å². The number of carbonyl (C=O) groups is 4. The number of halogens is 1. The van der Waals surface area contributed by atoms with Crippen molar-refractivity contribution in [2.45, 2.75) is 57.3 Å². The van der Waals surface area contributed by atoms with E-state index in [1.54, 1.807) is 24.3 Å². The number of benzene rings is 1. The maximum absolute atomic E-state index is 14.5. The Bertz CT molecular complexity index is 1110. The van der Waals surface area contributed by atoms with Crippen molar-refractivity contribution in [1.82, 2.24) is 20.9 Å². The van der Waals surface area contributed by atoms with Crippen LogP contribution in [-0.4, -0.2) is 60.0 Å². The lowest BCUT2D eigenvalue weighted by atomic mass is 9.91. The number of ether oxygens (including phenoxy) is 1. The van der Waals surface area contributed by atoms with Crippen molar-refractivity contribution < 1.29 is 28.3 Å². The van der Waals surface area contributed by atoms with Gasteiger partial charge in [-0.05, 0) is 51.3 Å². The summed E-state index contributed by atoms with van der Waals surface area (Å²) in [6.07, 6.45) is 0.991. The minimum absolute atomic E-state index is 0.0222. The minimum atomic E-state index is -1.80. The van der Waals surface area contributed by atoms with E-state index >= 15 is 0 Å². The third-order valence-electron chi connectivity index (χ3n) is 5.98. The molecule has 0 saturated carbocycles. The van der Waals surface area contributed by atoms with Crippen molar-refractivity contribution in [3.8, 4) is 5.75 Å². The van der Waals surface area contributed by atoms with Crippen LogP contribution < -0.4 is 26.4 Å². The van der Waals surface area contributed by atoms with Gasteiger partial charge in [0.15, 0.2) is 0 Å². The molecule has 4 amide bonds. The number of nitrogens with one attached hydrogen (secondary N) is 4. The van der Waals surface area contributed by atoms with Gasteiger partial charge in [0.25, 0.3) is 5.91 Å². The molecule has 35 heavy (non-hydrogen) atoms. The van der Waals surface area contributed by atoms with Crippen molar-refractivity contribution in [2.24, 2.45) is 11.7 Å². The molecule has 3 rings (SSSR count). The van der Waals surface area contributed by atoms with Gasteiger partial charge in [0.05, 0.1) is 7.11 Å². The number of aromatic amines is 1. The van der Waals surface area contributed by atoms with Crippen LogP contribution in [-0.2, 0) is 14.4 Å². The van der Waals surface area contributed by atoms with Gasteiger partial charge in [-0.3, -0.25) is 19.2 Å². The van der Waals surface area contributed by atoms with E-state index in [2.05, 4.69) is 20.9 Å². The predicted octanol–water partition coefficient (Wildman–Crippen LogP) is 1.30. The maximum Gasteiger partial charge on any atom is 0.268 e. The lowest BCUT2D eigenvalue weighted by Gasteiger charge is -2.28. The molecule has 0 spiro atoms. The molecule has 6 N–H and O–H groups in total. The molecule has 1 saturated heterocycles. The fourth-order valence-electron chi connectivity index (χ4n) is 4.22. The molecule has 1 aromatic heterocycles. The van der Waals surface area contributed by atoms with Gasteiger partial charge in [0.1, 0.15) is 29.2 Å². The van der Waals surface area contributed by atoms with Crippen LogP contribution in [0.25, 0.3) is 10.9 Å². The van der Waals surface area contributed by atoms with E-state index in [9.17, 15) is 23.6 Å². The number of piperidine rings is 1. The van der Waals surface area contributed by atoms with Crippen LogP contribution in [0.2, 0.25) is 0 Å². The SMILES string of the molecule is COc1cccc2[nH]c(C(=O)N[C@@H](CC(C)(C)F)C(=O)N[C@@H](C[C@@H]3CCCNC3=O)C(N)=O)cc12. The Kier molecular flexibility index (Phi) is 7.98. The molecular formula is C24H32FN5O5. The average molecular weight is 490 g/mol. The van der Waals surface area contributed by atoms with Gasteiger partial charge < -0.3 is 31.4 Å². The number of primary amides is 1. The number of H-pyrrole nitrogens is 1. The molecule has 1 aromatic carbocycles. The summed E-state index contributed by atoms with van der Waals surface area (Å²) < 4.78 is 19.8. The number of hydrogen-bond donors (Lipinski definition) is 5. The number of amides is 4. The van der Waals surface area contributed by atoms with E-state index in [0.717, 1.165) is 6.42 Å². The van der Waals surface area contributed by atoms with Crippen molar-refractivity contribution in [1.29, 1.82) is 0 Å². The molecule has 1 fully saturated rings. The number of alkyl halides is 1. The Morgan fingerprint density at radius 3 is 2.63 bits per heavy atom. The molecule has 3 atom stereocenters. The molecule has 0 unspecified atom stereocenters. The summed E-state index contributed by atoms with van der Waals surface area (Å²) in [6.45, 7) is 3.12. The molecule has 0 bridgehead atoms. The fraction of sp³-hybridized carbons (Fsp3) is 0.500. The Morgan fingerprint density at radius 1 is 1.26 bits per heavy atom. The number of fused-ring (bicyclic) bond motifs is 1. The summed E-state index contributed by atoms with van der Waals surface area (Å²) in [5.41, 5.74) is 4.48. The summed E-state index contributed by atoms with van der Waals surface area (Å²) in [7, 11) is 1.51. The molecule has 1 aliphatic heterocycles. The summed E-state index contributed by atoms with van der Waals surface area (Å²) in [5.74, 6) is -2.33. The van der Waals surface area contributed by atoms with E-state index in [1.807, 2.05) is 0 Å². The molecule has 2 heterocycles. The first-order chi connectivity index (χ1) is 16.5. The van der Waals surface area contributed by atoms with Crippen molar-refractivity contribution >= 4 is 34.5 Å². The lowest BCUT2D eigenvalue weighted by molar-refractivity contribution is -0.131. The van der Waals surface area contributed by atoms with E-state index < -0.39 is 41.4 Å². The quantitative estimate of drug-likeness (QED) is 0.340. The standard InChI is InChI=1S/C24H32FN5O5/c1-24(2,25)12-18(23(34)29-16(20(26)31)10-13-6-5-9-27-21(13)32)30-22(33)17-11-14-15(28-17)7-4-8-19(14)35-3/h4,7-8,11,13,16,18,28H,5-6,9-10,12H2,1-3H3,(H2,26,31)(H,27,32)(H,29,34)(H,30,33)/t13-,16-,18-/m0/s1. The third kappa shape index (κ3) is 6.71. The molecule has 10 nitrogen and oxygen atoms in total. The number of methoxy groups -OCH3 is 1. The molecular weight excluding hydrogens is 457 g/mol. The van der Waals surface area contributed by atoms with Gasteiger partial charge in [-0.2, -0.15) is 0 Å². The van der Waals surface area contributed by atoms with Crippen LogP contribution in [0.1, 0.15) is 50.0 Å². The zero-order chi connectivity index (χ0) is 25.8. The summed E-state index contributed by atoms with van der Waals surface area (Å²) in [4.78, 5) is 53.1. The first-order valence-corrected chi connectivity index (χ1v) is 11.5. The topological polar surface area (TPSA) is 155 Å². The Labute approximate surface area is 202 Å². The largest absolute Gasteiger partial charge is 0.496 e. The van der Waals surface area contributed by atoms with Gasteiger partial charge in [-0.1, -0.05) is 6.07 Å². The van der Waals surface area contributed by atoms with Crippen LogP contribution in [0, 0.1) is 5.92 Å². The second-order valence-corrected chi connectivity index (χ2v) is 9.38. The van der Waals surface area contributed by atoms with Crippen LogP contribution in [0.4, 0.5) is 4.39 Å². The highest BCUT2D eigenvalue weighted by molar-refractivity contribution is 6.01. The van der Waals surface area contributed by atoms with E-state index in [1.165, 1.54) is 21.0 Å². The third-order valence-corrected chi connectivity index (χ3v) is 5.98.